The molecule has 0 radical (unpaired) electrons. The van der Waals surface area contributed by atoms with Gasteiger partial charge in [-0.25, -0.2) is 4.79 Å². The molecule has 0 spiro atoms. The van der Waals surface area contributed by atoms with E-state index >= 15 is 0 Å². The van der Waals surface area contributed by atoms with Crippen LogP contribution < -0.4 is 11.2 Å². The topological polar surface area (TPSA) is 111 Å². The van der Waals surface area contributed by atoms with Crippen molar-refractivity contribution in [1.29, 1.82) is 0 Å². The summed E-state index contributed by atoms with van der Waals surface area (Å²) >= 11 is 0. The van der Waals surface area contributed by atoms with Crippen molar-refractivity contribution in [3.63, 3.8) is 0 Å². The first-order chi connectivity index (χ1) is 11.3. The SMILES string of the molecule is CC#Cc1cn(C2CC(O)C(COC(=O)C(C)C)O2)c(=O)[nH]c1=O. The molecule has 0 bridgehead atoms. The molecule has 2 heterocycles. The van der Waals surface area contributed by atoms with Crippen LogP contribution in [0.5, 0.6) is 0 Å². The Bertz CT molecular complexity index is 782. The fourth-order valence-corrected chi connectivity index (χ4v) is 2.29. The van der Waals surface area contributed by atoms with Crippen molar-refractivity contribution in [3.8, 4) is 11.8 Å². The van der Waals surface area contributed by atoms with Crippen LogP contribution in [-0.4, -0.2) is 39.4 Å². The third-order valence-electron chi connectivity index (χ3n) is 3.60. The predicted molar refractivity (Wildman–Crippen MR) is 84.2 cm³/mol. The van der Waals surface area contributed by atoms with E-state index in [1.807, 2.05) is 0 Å². The normalized spacial score (nSPS) is 23.0. The molecule has 1 aromatic rings. The number of rotatable bonds is 4. The molecule has 3 atom stereocenters. The van der Waals surface area contributed by atoms with Crippen LogP contribution in [0.25, 0.3) is 0 Å². The van der Waals surface area contributed by atoms with E-state index in [9.17, 15) is 19.5 Å². The number of hydrogen-bond acceptors (Lipinski definition) is 6. The highest BCUT2D eigenvalue weighted by molar-refractivity contribution is 5.71. The van der Waals surface area contributed by atoms with Gasteiger partial charge in [0.1, 0.15) is 24.5 Å². The maximum atomic E-state index is 12.0. The van der Waals surface area contributed by atoms with Crippen molar-refractivity contribution < 1.29 is 19.4 Å². The van der Waals surface area contributed by atoms with Gasteiger partial charge >= 0.3 is 11.7 Å². The summed E-state index contributed by atoms with van der Waals surface area (Å²) in [4.78, 5) is 37.3. The Kier molecular flexibility index (Phi) is 5.59. The summed E-state index contributed by atoms with van der Waals surface area (Å²) in [5.74, 6) is 4.52. The number of H-pyrrole nitrogens is 1. The minimum absolute atomic E-state index is 0.103. The molecule has 130 valence electrons. The molecular weight excluding hydrogens is 316 g/mol. The van der Waals surface area contributed by atoms with Crippen LogP contribution in [0.2, 0.25) is 0 Å². The second-order valence-corrected chi connectivity index (χ2v) is 5.80. The fourth-order valence-electron chi connectivity index (χ4n) is 2.29. The van der Waals surface area contributed by atoms with Gasteiger partial charge in [0.05, 0.1) is 12.0 Å². The van der Waals surface area contributed by atoms with Crippen LogP contribution in [0, 0.1) is 17.8 Å². The lowest BCUT2D eigenvalue weighted by Crippen LogP contribution is -2.34. The molecule has 8 heteroatoms. The van der Waals surface area contributed by atoms with Crippen molar-refractivity contribution in [2.24, 2.45) is 5.92 Å². The highest BCUT2D eigenvalue weighted by Gasteiger charge is 2.36. The van der Waals surface area contributed by atoms with Gasteiger partial charge in [-0.05, 0) is 6.92 Å². The van der Waals surface area contributed by atoms with Gasteiger partial charge in [-0.3, -0.25) is 19.1 Å². The van der Waals surface area contributed by atoms with Gasteiger partial charge in [0.2, 0.25) is 0 Å². The zero-order valence-corrected chi connectivity index (χ0v) is 13.7. The van der Waals surface area contributed by atoms with E-state index < -0.39 is 35.7 Å². The molecule has 1 fully saturated rings. The van der Waals surface area contributed by atoms with Gasteiger partial charge in [0, 0.05) is 12.6 Å². The zero-order chi connectivity index (χ0) is 17.9. The highest BCUT2D eigenvalue weighted by Crippen LogP contribution is 2.27. The smallest absolute Gasteiger partial charge is 0.330 e. The minimum atomic E-state index is -0.894. The first kappa shape index (κ1) is 18.0. The summed E-state index contributed by atoms with van der Waals surface area (Å²) in [6, 6.07) is 0. The van der Waals surface area contributed by atoms with E-state index in [1.54, 1.807) is 20.8 Å². The molecular formula is C16H20N2O6. The van der Waals surface area contributed by atoms with Gasteiger partial charge in [0.25, 0.3) is 5.56 Å². The molecule has 2 N–H and O–H groups in total. The summed E-state index contributed by atoms with van der Waals surface area (Å²) in [6.07, 6.45) is -0.969. The van der Waals surface area contributed by atoms with Crippen LogP contribution in [0.1, 0.15) is 39.0 Å². The third-order valence-corrected chi connectivity index (χ3v) is 3.60. The van der Waals surface area contributed by atoms with Crippen LogP contribution in [-0.2, 0) is 14.3 Å². The van der Waals surface area contributed by atoms with Crippen molar-refractivity contribution in [2.45, 2.75) is 45.6 Å². The molecule has 2 rings (SSSR count). The maximum Gasteiger partial charge on any atom is 0.330 e. The quantitative estimate of drug-likeness (QED) is 0.580. The number of aromatic amines is 1. The van der Waals surface area contributed by atoms with E-state index in [-0.39, 0.29) is 24.5 Å². The molecule has 1 aliphatic heterocycles. The predicted octanol–water partition coefficient (Wildman–Crippen LogP) is -0.244. The lowest BCUT2D eigenvalue weighted by atomic mass is 10.2. The molecule has 0 aromatic carbocycles. The van der Waals surface area contributed by atoms with Gasteiger partial charge < -0.3 is 14.6 Å². The van der Waals surface area contributed by atoms with E-state index in [1.165, 1.54) is 10.8 Å². The number of nitrogens with zero attached hydrogens (tertiary/aromatic N) is 1. The average molecular weight is 336 g/mol. The summed E-state index contributed by atoms with van der Waals surface area (Å²) in [7, 11) is 0. The number of carbonyl (C=O) groups excluding carboxylic acids is 1. The third kappa shape index (κ3) is 3.93. The standard InChI is InChI=1S/C16H20N2O6/c1-4-5-10-7-18(16(22)17-14(10)20)13-6-11(19)12(24-13)8-23-15(21)9(2)3/h7,9,11-13,19H,6,8H2,1-3H3,(H,17,20,22). The number of aromatic nitrogens is 2. The molecule has 24 heavy (non-hydrogen) atoms. The molecule has 3 unspecified atom stereocenters. The molecule has 0 saturated carbocycles. The van der Waals surface area contributed by atoms with Crippen molar-refractivity contribution in [1.82, 2.24) is 9.55 Å². The van der Waals surface area contributed by atoms with Gasteiger partial charge in [0.15, 0.2) is 0 Å². The van der Waals surface area contributed by atoms with Crippen molar-refractivity contribution >= 4 is 5.97 Å². The number of carbonyl (C=O) groups is 1. The first-order valence-electron chi connectivity index (χ1n) is 7.61. The number of nitrogens with one attached hydrogen (secondary N) is 1. The lowest BCUT2D eigenvalue weighted by Gasteiger charge is -2.17. The zero-order valence-electron chi connectivity index (χ0n) is 13.7. The number of esters is 1. The Balaban J connectivity index is 2.15. The highest BCUT2D eigenvalue weighted by atomic mass is 16.6. The Morgan fingerprint density at radius 3 is 2.88 bits per heavy atom. The van der Waals surface area contributed by atoms with Crippen LogP contribution in [0.4, 0.5) is 0 Å². The van der Waals surface area contributed by atoms with E-state index in [4.69, 9.17) is 9.47 Å². The molecule has 0 aliphatic carbocycles. The summed E-state index contributed by atoms with van der Waals surface area (Å²) in [5.41, 5.74) is -1.10. The van der Waals surface area contributed by atoms with Crippen molar-refractivity contribution in [3.05, 3.63) is 32.6 Å². The number of hydrogen-bond donors (Lipinski definition) is 2. The van der Waals surface area contributed by atoms with Crippen LogP contribution in [0.15, 0.2) is 15.8 Å². The average Bonchev–Trinajstić information content (AvgIpc) is 2.88. The lowest BCUT2D eigenvalue weighted by molar-refractivity contribution is -0.153. The summed E-state index contributed by atoms with van der Waals surface area (Å²) in [5, 5.41) is 10.1. The van der Waals surface area contributed by atoms with E-state index in [0.29, 0.717) is 0 Å². The maximum absolute atomic E-state index is 12.0. The first-order valence-corrected chi connectivity index (χ1v) is 7.61. The van der Waals surface area contributed by atoms with Crippen LogP contribution >= 0.6 is 0 Å². The largest absolute Gasteiger partial charge is 0.463 e. The number of ether oxygens (including phenoxy) is 2. The summed E-state index contributed by atoms with van der Waals surface area (Å²) in [6.45, 7) is 4.87. The van der Waals surface area contributed by atoms with E-state index in [2.05, 4.69) is 16.8 Å². The van der Waals surface area contributed by atoms with Gasteiger partial charge in [-0.2, -0.15) is 0 Å². The monoisotopic (exact) mass is 336 g/mol. The van der Waals surface area contributed by atoms with Gasteiger partial charge in [-0.15, -0.1) is 5.92 Å². The fraction of sp³-hybridized carbons (Fsp3) is 0.562. The number of aliphatic hydroxyl groups is 1. The molecule has 1 aliphatic rings. The number of aliphatic hydroxyl groups excluding tert-OH is 1. The van der Waals surface area contributed by atoms with Crippen molar-refractivity contribution in [2.75, 3.05) is 6.61 Å². The Morgan fingerprint density at radius 1 is 1.54 bits per heavy atom. The van der Waals surface area contributed by atoms with Gasteiger partial charge in [-0.1, -0.05) is 19.8 Å². The molecule has 1 aromatic heterocycles. The second-order valence-electron chi connectivity index (χ2n) is 5.80. The van der Waals surface area contributed by atoms with E-state index in [0.717, 1.165) is 0 Å². The summed E-state index contributed by atoms with van der Waals surface area (Å²) < 4.78 is 11.8. The Hall–Kier alpha value is -2.37. The minimum Gasteiger partial charge on any atom is -0.463 e. The molecule has 1 saturated heterocycles. The Labute approximate surface area is 138 Å². The molecule has 0 amide bonds. The molecule has 8 nitrogen and oxygen atoms in total. The second kappa shape index (κ2) is 7.47. The van der Waals surface area contributed by atoms with Crippen LogP contribution in [0.3, 0.4) is 0 Å². The Morgan fingerprint density at radius 2 is 2.25 bits per heavy atom.